The lowest BCUT2D eigenvalue weighted by Gasteiger charge is -2.02. The molecule has 78 valence electrons. The van der Waals surface area contributed by atoms with Crippen LogP contribution in [0, 0.1) is 0 Å². The zero-order valence-electron chi connectivity index (χ0n) is 8.48. The maximum absolute atomic E-state index is 11.3. The van der Waals surface area contributed by atoms with Crippen molar-refractivity contribution in [2.45, 2.75) is 0 Å². The predicted octanol–water partition coefficient (Wildman–Crippen LogP) is 0.638. The third-order valence-electron chi connectivity index (χ3n) is 2.28. The van der Waals surface area contributed by atoms with Gasteiger partial charge in [0.15, 0.2) is 0 Å². The lowest BCUT2D eigenvalue weighted by molar-refractivity contribution is 0.0958. The van der Waals surface area contributed by atoms with Crippen LogP contribution >= 0.6 is 0 Å². The van der Waals surface area contributed by atoms with Gasteiger partial charge in [0.1, 0.15) is 17.1 Å². The zero-order chi connectivity index (χ0) is 11.0. The van der Waals surface area contributed by atoms with Crippen LogP contribution in [0.3, 0.4) is 0 Å². The summed E-state index contributed by atoms with van der Waals surface area (Å²) in [5, 5.41) is 12.8. The number of nitrogens with one attached hydrogen (secondary N) is 1. The summed E-state index contributed by atoms with van der Waals surface area (Å²) in [7, 11) is 3.33. The number of aryl methyl sites for hydroxylation is 1. The van der Waals surface area contributed by atoms with Crippen LogP contribution < -0.4 is 5.32 Å². The Morgan fingerprint density at radius 3 is 3.00 bits per heavy atom. The van der Waals surface area contributed by atoms with Gasteiger partial charge in [-0.25, -0.2) is 4.98 Å². The van der Waals surface area contributed by atoms with E-state index in [0.717, 1.165) is 0 Å². The third kappa shape index (κ3) is 1.41. The molecule has 0 unspecified atom stereocenters. The summed E-state index contributed by atoms with van der Waals surface area (Å²) < 4.78 is 1.75. The molecule has 0 spiro atoms. The fourth-order valence-corrected chi connectivity index (χ4v) is 1.46. The van der Waals surface area contributed by atoms with E-state index in [1.807, 2.05) is 7.05 Å². The number of nitrogens with zero attached hydrogens (tertiary/aromatic N) is 2. The van der Waals surface area contributed by atoms with Crippen LogP contribution in [0.4, 0.5) is 0 Å². The first-order chi connectivity index (χ1) is 7.13. The summed E-state index contributed by atoms with van der Waals surface area (Å²) >= 11 is 0. The molecule has 2 heterocycles. The SMILES string of the molecule is CNC(=O)c1cc(O)c2ccn(C)c2n1. The minimum absolute atomic E-state index is 0.0687. The highest BCUT2D eigenvalue weighted by atomic mass is 16.3. The lowest BCUT2D eigenvalue weighted by atomic mass is 10.2. The van der Waals surface area contributed by atoms with Crippen LogP contribution in [0.2, 0.25) is 0 Å². The maximum atomic E-state index is 11.3. The van der Waals surface area contributed by atoms with Gasteiger partial charge in [0.2, 0.25) is 0 Å². The van der Waals surface area contributed by atoms with Crippen LogP contribution in [-0.2, 0) is 7.05 Å². The molecule has 0 aliphatic heterocycles. The highest BCUT2D eigenvalue weighted by molar-refractivity contribution is 5.96. The number of carbonyl (C=O) groups excluding carboxylic acids is 1. The molecule has 0 bridgehead atoms. The summed E-state index contributed by atoms with van der Waals surface area (Å²) in [5.74, 6) is -0.243. The Morgan fingerprint density at radius 1 is 1.60 bits per heavy atom. The number of aromatic nitrogens is 2. The first-order valence-corrected chi connectivity index (χ1v) is 4.50. The standard InChI is InChI=1S/C10H11N3O2/c1-11-10(15)7-5-8(14)6-3-4-13(2)9(6)12-7/h3-5H,1-2H3,(H,11,15)(H,12,14). The predicted molar refractivity (Wildman–Crippen MR) is 55.8 cm³/mol. The van der Waals surface area contributed by atoms with E-state index < -0.39 is 0 Å². The molecule has 0 aliphatic carbocycles. The molecule has 2 rings (SSSR count). The van der Waals surface area contributed by atoms with Crippen molar-refractivity contribution in [2.75, 3.05) is 7.05 Å². The van der Waals surface area contributed by atoms with E-state index in [2.05, 4.69) is 10.3 Å². The van der Waals surface area contributed by atoms with E-state index in [0.29, 0.717) is 11.0 Å². The Hall–Kier alpha value is -2.04. The van der Waals surface area contributed by atoms with Crippen molar-refractivity contribution in [2.24, 2.45) is 7.05 Å². The molecule has 2 N–H and O–H groups in total. The van der Waals surface area contributed by atoms with Crippen molar-refractivity contribution >= 4 is 16.9 Å². The normalized spacial score (nSPS) is 10.5. The summed E-state index contributed by atoms with van der Waals surface area (Å²) in [6, 6.07) is 3.12. The van der Waals surface area contributed by atoms with Crippen molar-refractivity contribution in [3.63, 3.8) is 0 Å². The quantitative estimate of drug-likeness (QED) is 0.717. The lowest BCUT2D eigenvalue weighted by Crippen LogP contribution is -2.19. The number of hydrogen-bond acceptors (Lipinski definition) is 3. The highest BCUT2D eigenvalue weighted by Crippen LogP contribution is 2.24. The van der Waals surface area contributed by atoms with E-state index in [9.17, 15) is 9.90 Å². The minimum atomic E-state index is -0.312. The number of fused-ring (bicyclic) bond motifs is 1. The van der Waals surface area contributed by atoms with Crippen molar-refractivity contribution in [1.29, 1.82) is 0 Å². The number of hydrogen-bond donors (Lipinski definition) is 2. The molecule has 5 nitrogen and oxygen atoms in total. The van der Waals surface area contributed by atoms with E-state index in [1.54, 1.807) is 16.8 Å². The molecule has 0 atom stereocenters. The van der Waals surface area contributed by atoms with Gasteiger partial charge >= 0.3 is 0 Å². The first kappa shape index (κ1) is 9.51. The number of rotatable bonds is 1. The average molecular weight is 205 g/mol. The Kier molecular flexibility index (Phi) is 2.07. The van der Waals surface area contributed by atoms with Gasteiger partial charge in [-0.1, -0.05) is 0 Å². The Morgan fingerprint density at radius 2 is 2.33 bits per heavy atom. The molecule has 1 amide bonds. The molecular formula is C10H11N3O2. The van der Waals surface area contributed by atoms with Crippen LogP contribution in [-0.4, -0.2) is 27.6 Å². The number of pyridine rings is 1. The fraction of sp³-hybridized carbons (Fsp3) is 0.200. The second kappa shape index (κ2) is 3.27. The van der Waals surface area contributed by atoms with Gasteiger partial charge in [-0.3, -0.25) is 4.79 Å². The summed E-state index contributed by atoms with van der Waals surface area (Å²) in [4.78, 5) is 15.5. The fourth-order valence-electron chi connectivity index (χ4n) is 1.46. The number of aromatic hydroxyl groups is 1. The molecule has 2 aromatic rings. The van der Waals surface area contributed by atoms with E-state index in [1.165, 1.54) is 13.1 Å². The Balaban J connectivity index is 2.70. The molecule has 0 aliphatic rings. The van der Waals surface area contributed by atoms with Crippen molar-refractivity contribution < 1.29 is 9.90 Å². The topological polar surface area (TPSA) is 67.2 Å². The van der Waals surface area contributed by atoms with Crippen LogP contribution in [0.5, 0.6) is 5.75 Å². The number of amides is 1. The zero-order valence-corrected chi connectivity index (χ0v) is 8.48. The summed E-state index contributed by atoms with van der Waals surface area (Å²) in [6.07, 6.45) is 1.78. The van der Waals surface area contributed by atoms with Gasteiger partial charge in [-0.15, -0.1) is 0 Å². The molecule has 0 saturated heterocycles. The Labute approximate surface area is 86.4 Å². The maximum Gasteiger partial charge on any atom is 0.269 e. The molecule has 0 fully saturated rings. The van der Waals surface area contributed by atoms with Crippen LogP contribution in [0.1, 0.15) is 10.5 Å². The van der Waals surface area contributed by atoms with Gasteiger partial charge in [0.25, 0.3) is 5.91 Å². The summed E-state index contributed by atoms with van der Waals surface area (Å²) in [6.45, 7) is 0. The smallest absolute Gasteiger partial charge is 0.269 e. The molecule has 0 saturated carbocycles. The van der Waals surface area contributed by atoms with Crippen LogP contribution in [0.15, 0.2) is 18.3 Å². The van der Waals surface area contributed by atoms with Crippen LogP contribution in [0.25, 0.3) is 11.0 Å². The molecule has 0 radical (unpaired) electrons. The number of carbonyl (C=O) groups is 1. The second-order valence-electron chi connectivity index (χ2n) is 3.27. The largest absolute Gasteiger partial charge is 0.507 e. The highest BCUT2D eigenvalue weighted by Gasteiger charge is 2.11. The Bertz CT molecular complexity index is 531. The van der Waals surface area contributed by atoms with Gasteiger partial charge in [0, 0.05) is 26.4 Å². The van der Waals surface area contributed by atoms with Gasteiger partial charge in [-0.2, -0.15) is 0 Å². The second-order valence-corrected chi connectivity index (χ2v) is 3.27. The first-order valence-electron chi connectivity index (χ1n) is 4.50. The van der Waals surface area contributed by atoms with Crippen molar-refractivity contribution in [3.8, 4) is 5.75 Å². The van der Waals surface area contributed by atoms with E-state index in [-0.39, 0.29) is 17.4 Å². The van der Waals surface area contributed by atoms with Crippen molar-refractivity contribution in [3.05, 3.63) is 24.0 Å². The van der Waals surface area contributed by atoms with Crippen molar-refractivity contribution in [1.82, 2.24) is 14.9 Å². The van der Waals surface area contributed by atoms with Gasteiger partial charge < -0.3 is 15.0 Å². The third-order valence-corrected chi connectivity index (χ3v) is 2.28. The van der Waals surface area contributed by atoms with E-state index in [4.69, 9.17) is 0 Å². The molecular weight excluding hydrogens is 194 g/mol. The van der Waals surface area contributed by atoms with E-state index >= 15 is 0 Å². The summed E-state index contributed by atoms with van der Waals surface area (Å²) in [5.41, 5.74) is 0.804. The average Bonchev–Trinajstić information content (AvgIpc) is 2.60. The molecule has 2 aromatic heterocycles. The van der Waals surface area contributed by atoms with Gasteiger partial charge in [-0.05, 0) is 6.07 Å². The molecule has 5 heteroatoms. The minimum Gasteiger partial charge on any atom is -0.507 e. The molecule has 15 heavy (non-hydrogen) atoms. The monoisotopic (exact) mass is 205 g/mol. The molecule has 0 aromatic carbocycles. The van der Waals surface area contributed by atoms with Gasteiger partial charge in [0.05, 0.1) is 5.39 Å².